The second-order valence-electron chi connectivity index (χ2n) is 5.69. The van der Waals surface area contributed by atoms with Crippen molar-refractivity contribution < 1.29 is 9.18 Å². The molecule has 0 atom stereocenters. The van der Waals surface area contributed by atoms with Crippen molar-refractivity contribution in [2.75, 3.05) is 6.54 Å². The summed E-state index contributed by atoms with van der Waals surface area (Å²) in [6.45, 7) is 4.29. The fourth-order valence-electron chi connectivity index (χ4n) is 2.91. The zero-order valence-corrected chi connectivity index (χ0v) is 14.2. The molecule has 1 amide bonds. The summed E-state index contributed by atoms with van der Waals surface area (Å²) in [4.78, 5) is 19.1. The standard InChI is InChI=1S/C18H17ClFN3O/c1-10-5-6-14(20)16-15(10)12(11(2)23-16)7-9-22-18(24)13-4-3-8-21-17(13)19/h3-6,8,23H,7,9H2,1-2H3,(H,22,24). The molecule has 2 aromatic heterocycles. The number of hydrogen-bond donors (Lipinski definition) is 2. The van der Waals surface area contributed by atoms with Crippen molar-refractivity contribution in [3.63, 3.8) is 0 Å². The number of rotatable bonds is 4. The Kier molecular flexibility index (Phi) is 4.53. The van der Waals surface area contributed by atoms with Crippen LogP contribution >= 0.6 is 11.6 Å². The van der Waals surface area contributed by atoms with Gasteiger partial charge in [0.05, 0.1) is 11.1 Å². The first-order valence-electron chi connectivity index (χ1n) is 7.64. The summed E-state index contributed by atoms with van der Waals surface area (Å²) in [6, 6.07) is 6.52. The number of benzene rings is 1. The van der Waals surface area contributed by atoms with E-state index in [0.29, 0.717) is 24.0 Å². The highest BCUT2D eigenvalue weighted by Crippen LogP contribution is 2.27. The molecule has 0 radical (unpaired) electrons. The number of nitrogens with one attached hydrogen (secondary N) is 2. The molecule has 0 aliphatic carbocycles. The van der Waals surface area contributed by atoms with E-state index in [1.54, 1.807) is 18.2 Å². The summed E-state index contributed by atoms with van der Waals surface area (Å²) in [5.74, 6) is -0.537. The highest BCUT2D eigenvalue weighted by atomic mass is 35.5. The Hall–Kier alpha value is -2.40. The number of hydrogen-bond acceptors (Lipinski definition) is 2. The number of carbonyl (C=O) groups excluding carboxylic acids is 1. The van der Waals surface area contributed by atoms with E-state index >= 15 is 0 Å². The van der Waals surface area contributed by atoms with E-state index in [9.17, 15) is 9.18 Å². The fraction of sp³-hybridized carbons (Fsp3) is 0.222. The minimum Gasteiger partial charge on any atom is -0.356 e. The van der Waals surface area contributed by atoms with Gasteiger partial charge >= 0.3 is 0 Å². The van der Waals surface area contributed by atoms with Crippen LogP contribution in [0.2, 0.25) is 5.15 Å². The van der Waals surface area contributed by atoms with Gasteiger partial charge < -0.3 is 10.3 Å². The Balaban J connectivity index is 1.77. The largest absolute Gasteiger partial charge is 0.356 e. The lowest BCUT2D eigenvalue weighted by molar-refractivity contribution is 0.0954. The first kappa shape index (κ1) is 16.5. The number of nitrogens with zero attached hydrogens (tertiary/aromatic N) is 1. The molecule has 2 N–H and O–H groups in total. The summed E-state index contributed by atoms with van der Waals surface area (Å²) in [5.41, 5.74) is 3.79. The third-order valence-electron chi connectivity index (χ3n) is 4.09. The topological polar surface area (TPSA) is 57.8 Å². The van der Waals surface area contributed by atoms with Crippen LogP contribution in [0.25, 0.3) is 10.9 Å². The second kappa shape index (κ2) is 6.61. The Morgan fingerprint density at radius 2 is 2.12 bits per heavy atom. The molecule has 0 fully saturated rings. The van der Waals surface area contributed by atoms with Crippen molar-refractivity contribution in [1.82, 2.24) is 15.3 Å². The van der Waals surface area contributed by atoms with Gasteiger partial charge in [-0.05, 0) is 49.6 Å². The van der Waals surface area contributed by atoms with Crippen molar-refractivity contribution in [2.45, 2.75) is 20.3 Å². The van der Waals surface area contributed by atoms with Gasteiger partial charge in [0.2, 0.25) is 0 Å². The monoisotopic (exact) mass is 345 g/mol. The average molecular weight is 346 g/mol. The molecule has 6 heteroatoms. The molecule has 3 aromatic rings. The van der Waals surface area contributed by atoms with E-state index < -0.39 is 0 Å². The molecular formula is C18H17ClFN3O. The molecule has 3 rings (SSSR count). The molecule has 2 heterocycles. The average Bonchev–Trinajstić information content (AvgIpc) is 2.89. The summed E-state index contributed by atoms with van der Waals surface area (Å²) in [7, 11) is 0. The number of aromatic nitrogens is 2. The van der Waals surface area contributed by atoms with Crippen molar-refractivity contribution in [2.24, 2.45) is 0 Å². The highest BCUT2D eigenvalue weighted by Gasteiger charge is 2.15. The summed E-state index contributed by atoms with van der Waals surface area (Å²) < 4.78 is 14.0. The minimum absolute atomic E-state index is 0.177. The second-order valence-corrected chi connectivity index (χ2v) is 6.05. The molecule has 0 aliphatic rings. The first-order chi connectivity index (χ1) is 11.5. The van der Waals surface area contributed by atoms with Crippen molar-refractivity contribution in [3.05, 3.63) is 63.8 Å². The van der Waals surface area contributed by atoms with E-state index in [2.05, 4.69) is 15.3 Å². The van der Waals surface area contributed by atoms with Gasteiger partial charge in [0, 0.05) is 23.8 Å². The first-order valence-corrected chi connectivity index (χ1v) is 8.01. The summed E-state index contributed by atoms with van der Waals surface area (Å²) in [6.07, 6.45) is 2.13. The van der Waals surface area contributed by atoms with Gasteiger partial charge in [-0.15, -0.1) is 0 Å². The van der Waals surface area contributed by atoms with Gasteiger partial charge in [0.25, 0.3) is 5.91 Å². The smallest absolute Gasteiger partial charge is 0.254 e. The van der Waals surface area contributed by atoms with Crippen LogP contribution in [0, 0.1) is 19.7 Å². The van der Waals surface area contributed by atoms with Gasteiger partial charge in [-0.3, -0.25) is 4.79 Å². The SMILES string of the molecule is Cc1[nH]c2c(F)ccc(C)c2c1CCNC(=O)c1cccnc1Cl. The van der Waals surface area contributed by atoms with Crippen LogP contribution in [0.3, 0.4) is 0 Å². The van der Waals surface area contributed by atoms with Gasteiger partial charge in [-0.2, -0.15) is 0 Å². The Bertz CT molecular complexity index is 920. The molecule has 0 bridgehead atoms. The number of fused-ring (bicyclic) bond motifs is 1. The lowest BCUT2D eigenvalue weighted by Crippen LogP contribution is -2.26. The zero-order chi connectivity index (χ0) is 17.3. The van der Waals surface area contributed by atoms with Gasteiger partial charge in [-0.25, -0.2) is 9.37 Å². The Morgan fingerprint density at radius 1 is 1.33 bits per heavy atom. The number of halogens is 2. The maximum Gasteiger partial charge on any atom is 0.254 e. The van der Waals surface area contributed by atoms with Crippen LogP contribution in [0.1, 0.15) is 27.2 Å². The summed E-state index contributed by atoms with van der Waals surface area (Å²) in [5, 5.41) is 3.90. The van der Waals surface area contributed by atoms with E-state index in [1.807, 2.05) is 13.8 Å². The third kappa shape index (κ3) is 2.99. The van der Waals surface area contributed by atoms with Crippen molar-refractivity contribution in [1.29, 1.82) is 0 Å². The van der Waals surface area contributed by atoms with Gasteiger partial charge in [-0.1, -0.05) is 17.7 Å². The number of carbonyl (C=O) groups is 1. The summed E-state index contributed by atoms with van der Waals surface area (Å²) >= 11 is 5.92. The van der Waals surface area contributed by atoms with Crippen LogP contribution in [-0.2, 0) is 6.42 Å². The molecule has 24 heavy (non-hydrogen) atoms. The molecule has 0 unspecified atom stereocenters. The van der Waals surface area contributed by atoms with Crippen molar-refractivity contribution >= 4 is 28.4 Å². The van der Waals surface area contributed by atoms with Crippen molar-refractivity contribution in [3.8, 4) is 0 Å². The molecular weight excluding hydrogens is 329 g/mol. The van der Waals surface area contributed by atoms with Crippen LogP contribution in [0.15, 0.2) is 30.5 Å². The van der Waals surface area contributed by atoms with E-state index in [-0.39, 0.29) is 16.9 Å². The van der Waals surface area contributed by atoms with Crippen LogP contribution in [0.5, 0.6) is 0 Å². The zero-order valence-electron chi connectivity index (χ0n) is 13.4. The minimum atomic E-state index is -0.270. The molecule has 0 saturated carbocycles. The Morgan fingerprint density at radius 3 is 2.88 bits per heavy atom. The van der Waals surface area contributed by atoms with E-state index in [4.69, 9.17) is 11.6 Å². The number of aryl methyl sites for hydroxylation is 2. The van der Waals surface area contributed by atoms with E-state index in [0.717, 1.165) is 22.2 Å². The van der Waals surface area contributed by atoms with Crippen LogP contribution < -0.4 is 5.32 Å². The lowest BCUT2D eigenvalue weighted by Gasteiger charge is -2.07. The fourth-order valence-corrected chi connectivity index (χ4v) is 3.11. The Labute approximate surface area is 144 Å². The van der Waals surface area contributed by atoms with Crippen LogP contribution in [-0.4, -0.2) is 22.4 Å². The van der Waals surface area contributed by atoms with E-state index in [1.165, 1.54) is 12.3 Å². The maximum atomic E-state index is 14.0. The number of pyridine rings is 1. The number of aromatic amines is 1. The maximum absolute atomic E-state index is 14.0. The molecule has 0 spiro atoms. The predicted octanol–water partition coefficient (Wildman–Crippen LogP) is 3.94. The number of amides is 1. The molecule has 1 aromatic carbocycles. The lowest BCUT2D eigenvalue weighted by atomic mass is 10.0. The molecule has 124 valence electrons. The quantitative estimate of drug-likeness (QED) is 0.703. The molecule has 0 saturated heterocycles. The number of H-pyrrole nitrogens is 1. The normalized spacial score (nSPS) is 11.0. The predicted molar refractivity (Wildman–Crippen MR) is 93.0 cm³/mol. The van der Waals surface area contributed by atoms with Gasteiger partial charge in [0.15, 0.2) is 0 Å². The molecule has 4 nitrogen and oxygen atoms in total. The van der Waals surface area contributed by atoms with Gasteiger partial charge in [0.1, 0.15) is 11.0 Å². The van der Waals surface area contributed by atoms with Crippen LogP contribution in [0.4, 0.5) is 4.39 Å². The molecule has 0 aliphatic heterocycles. The third-order valence-corrected chi connectivity index (χ3v) is 4.40. The highest BCUT2D eigenvalue weighted by molar-refractivity contribution is 6.32.